The number of para-hydroxylation sites is 1. The second-order valence-corrected chi connectivity index (χ2v) is 4.86. The molecule has 2 N–H and O–H groups in total. The molecule has 3 heteroatoms. The van der Waals surface area contributed by atoms with Crippen LogP contribution in [0.15, 0.2) is 48.5 Å². The molecular formula is C17H21NO2. The lowest BCUT2D eigenvalue weighted by Gasteiger charge is -2.28. The number of benzene rings is 2. The Labute approximate surface area is 120 Å². The van der Waals surface area contributed by atoms with Gasteiger partial charge in [0.05, 0.1) is 19.3 Å². The molecule has 3 nitrogen and oxygen atoms in total. The van der Waals surface area contributed by atoms with Gasteiger partial charge in [0.2, 0.25) is 0 Å². The van der Waals surface area contributed by atoms with Crippen LogP contribution in [-0.4, -0.2) is 13.7 Å². The predicted octanol–water partition coefficient (Wildman–Crippen LogP) is 3.32. The van der Waals surface area contributed by atoms with Crippen LogP contribution in [0.4, 0.5) is 0 Å². The molecule has 0 heterocycles. The van der Waals surface area contributed by atoms with Crippen molar-refractivity contribution in [2.45, 2.75) is 19.4 Å². The highest BCUT2D eigenvalue weighted by Crippen LogP contribution is 2.33. The van der Waals surface area contributed by atoms with Crippen molar-refractivity contribution in [3.8, 4) is 11.5 Å². The van der Waals surface area contributed by atoms with Gasteiger partial charge in [-0.2, -0.15) is 0 Å². The van der Waals surface area contributed by atoms with Gasteiger partial charge in [0.25, 0.3) is 0 Å². The monoisotopic (exact) mass is 271 g/mol. The molecule has 0 aromatic heterocycles. The minimum absolute atomic E-state index is 0.613. The Morgan fingerprint density at radius 2 is 1.70 bits per heavy atom. The summed E-state index contributed by atoms with van der Waals surface area (Å²) in [7, 11) is 1.65. The van der Waals surface area contributed by atoms with E-state index in [-0.39, 0.29) is 0 Å². The molecule has 0 bridgehead atoms. The van der Waals surface area contributed by atoms with E-state index in [0.717, 1.165) is 22.6 Å². The van der Waals surface area contributed by atoms with E-state index in [4.69, 9.17) is 15.2 Å². The first-order valence-corrected chi connectivity index (χ1v) is 6.75. The van der Waals surface area contributed by atoms with Gasteiger partial charge in [0.1, 0.15) is 11.5 Å². The van der Waals surface area contributed by atoms with Crippen molar-refractivity contribution in [2.24, 2.45) is 5.73 Å². The first kappa shape index (κ1) is 14.4. The van der Waals surface area contributed by atoms with Crippen LogP contribution in [0.3, 0.4) is 0 Å². The second-order valence-electron chi connectivity index (χ2n) is 4.86. The molecule has 1 atom stereocenters. The lowest BCUT2D eigenvalue weighted by atomic mass is 9.85. The van der Waals surface area contributed by atoms with Crippen molar-refractivity contribution < 1.29 is 9.47 Å². The van der Waals surface area contributed by atoms with E-state index in [1.54, 1.807) is 7.11 Å². The topological polar surface area (TPSA) is 44.5 Å². The molecule has 0 radical (unpaired) electrons. The van der Waals surface area contributed by atoms with E-state index < -0.39 is 5.54 Å². The zero-order valence-corrected chi connectivity index (χ0v) is 12.2. The van der Waals surface area contributed by atoms with Crippen LogP contribution in [0.5, 0.6) is 11.5 Å². The molecule has 0 spiro atoms. The van der Waals surface area contributed by atoms with E-state index in [1.807, 2.05) is 62.4 Å². The van der Waals surface area contributed by atoms with Crippen molar-refractivity contribution >= 4 is 0 Å². The Hall–Kier alpha value is -2.00. The SMILES string of the molecule is CCOc1ccccc1C(C)(N)c1ccc(OC)cc1. The fourth-order valence-electron chi connectivity index (χ4n) is 2.27. The van der Waals surface area contributed by atoms with Crippen LogP contribution in [0.2, 0.25) is 0 Å². The number of nitrogens with two attached hydrogens (primary N) is 1. The van der Waals surface area contributed by atoms with E-state index in [0.29, 0.717) is 6.61 Å². The lowest BCUT2D eigenvalue weighted by molar-refractivity contribution is 0.330. The minimum atomic E-state index is -0.613. The van der Waals surface area contributed by atoms with Gasteiger partial charge < -0.3 is 15.2 Å². The zero-order valence-electron chi connectivity index (χ0n) is 12.2. The Bertz CT molecular complexity index is 561. The molecular weight excluding hydrogens is 250 g/mol. The minimum Gasteiger partial charge on any atom is -0.497 e. The highest BCUT2D eigenvalue weighted by molar-refractivity contribution is 5.46. The van der Waals surface area contributed by atoms with E-state index in [1.165, 1.54) is 0 Å². The van der Waals surface area contributed by atoms with Crippen molar-refractivity contribution in [1.29, 1.82) is 0 Å². The second kappa shape index (κ2) is 5.97. The quantitative estimate of drug-likeness (QED) is 0.907. The molecule has 2 rings (SSSR count). The predicted molar refractivity (Wildman–Crippen MR) is 81.2 cm³/mol. The van der Waals surface area contributed by atoms with Crippen LogP contribution in [0.25, 0.3) is 0 Å². The van der Waals surface area contributed by atoms with Gasteiger partial charge in [0.15, 0.2) is 0 Å². The molecule has 1 unspecified atom stereocenters. The average Bonchev–Trinajstić information content (AvgIpc) is 2.48. The van der Waals surface area contributed by atoms with Gasteiger partial charge >= 0.3 is 0 Å². The average molecular weight is 271 g/mol. The highest BCUT2D eigenvalue weighted by atomic mass is 16.5. The molecule has 0 aliphatic rings. The van der Waals surface area contributed by atoms with Crippen molar-refractivity contribution in [2.75, 3.05) is 13.7 Å². The Kier molecular flexibility index (Phi) is 4.30. The van der Waals surface area contributed by atoms with Crippen LogP contribution in [0.1, 0.15) is 25.0 Å². The number of methoxy groups -OCH3 is 1. The zero-order chi connectivity index (χ0) is 14.6. The normalized spacial score (nSPS) is 13.6. The fraction of sp³-hybridized carbons (Fsp3) is 0.294. The van der Waals surface area contributed by atoms with Crippen LogP contribution in [-0.2, 0) is 5.54 Å². The third kappa shape index (κ3) is 2.78. The van der Waals surface area contributed by atoms with E-state index in [2.05, 4.69) is 0 Å². The Morgan fingerprint density at radius 3 is 2.30 bits per heavy atom. The summed E-state index contributed by atoms with van der Waals surface area (Å²) in [4.78, 5) is 0. The summed E-state index contributed by atoms with van der Waals surface area (Å²) in [6, 6.07) is 15.7. The standard InChI is InChI=1S/C17H21NO2/c1-4-20-16-8-6-5-7-15(16)17(2,18)13-9-11-14(19-3)12-10-13/h5-12H,4,18H2,1-3H3. The summed E-state index contributed by atoms with van der Waals surface area (Å²) in [6.07, 6.45) is 0. The molecule has 0 amide bonds. The summed E-state index contributed by atoms with van der Waals surface area (Å²) >= 11 is 0. The maximum atomic E-state index is 6.56. The highest BCUT2D eigenvalue weighted by Gasteiger charge is 2.27. The van der Waals surface area contributed by atoms with Crippen molar-refractivity contribution in [1.82, 2.24) is 0 Å². The molecule has 106 valence electrons. The van der Waals surface area contributed by atoms with Gasteiger partial charge in [-0.1, -0.05) is 30.3 Å². The summed E-state index contributed by atoms with van der Waals surface area (Å²) in [6.45, 7) is 4.58. The molecule has 0 aliphatic heterocycles. The van der Waals surface area contributed by atoms with Gasteiger partial charge in [-0.25, -0.2) is 0 Å². The summed E-state index contributed by atoms with van der Waals surface area (Å²) in [5.41, 5.74) is 7.95. The molecule has 0 saturated carbocycles. The number of ether oxygens (including phenoxy) is 2. The van der Waals surface area contributed by atoms with Gasteiger partial charge in [-0.05, 0) is 37.6 Å². The first-order chi connectivity index (χ1) is 9.59. The van der Waals surface area contributed by atoms with E-state index >= 15 is 0 Å². The third-order valence-corrected chi connectivity index (χ3v) is 3.44. The maximum absolute atomic E-state index is 6.56. The van der Waals surface area contributed by atoms with Crippen LogP contribution < -0.4 is 15.2 Å². The molecule has 0 saturated heterocycles. The van der Waals surface area contributed by atoms with Crippen molar-refractivity contribution in [3.63, 3.8) is 0 Å². The number of rotatable bonds is 5. The smallest absolute Gasteiger partial charge is 0.124 e. The largest absolute Gasteiger partial charge is 0.497 e. The fourth-order valence-corrected chi connectivity index (χ4v) is 2.27. The summed E-state index contributed by atoms with van der Waals surface area (Å²) in [5.74, 6) is 1.65. The Balaban J connectivity index is 2.42. The summed E-state index contributed by atoms with van der Waals surface area (Å²) < 4.78 is 10.9. The number of hydrogen-bond acceptors (Lipinski definition) is 3. The van der Waals surface area contributed by atoms with Crippen LogP contribution in [0, 0.1) is 0 Å². The Morgan fingerprint density at radius 1 is 1.05 bits per heavy atom. The maximum Gasteiger partial charge on any atom is 0.124 e. The number of hydrogen-bond donors (Lipinski definition) is 1. The molecule has 2 aromatic rings. The van der Waals surface area contributed by atoms with Gasteiger partial charge in [-0.15, -0.1) is 0 Å². The van der Waals surface area contributed by atoms with E-state index in [9.17, 15) is 0 Å². The third-order valence-electron chi connectivity index (χ3n) is 3.44. The molecule has 2 aromatic carbocycles. The molecule has 20 heavy (non-hydrogen) atoms. The van der Waals surface area contributed by atoms with Crippen LogP contribution >= 0.6 is 0 Å². The van der Waals surface area contributed by atoms with Gasteiger partial charge in [0, 0.05) is 5.56 Å². The first-order valence-electron chi connectivity index (χ1n) is 6.75. The van der Waals surface area contributed by atoms with Gasteiger partial charge in [-0.3, -0.25) is 0 Å². The van der Waals surface area contributed by atoms with Crippen molar-refractivity contribution in [3.05, 3.63) is 59.7 Å². The molecule has 0 fully saturated rings. The lowest BCUT2D eigenvalue weighted by Crippen LogP contribution is -2.34. The summed E-state index contributed by atoms with van der Waals surface area (Å²) in [5, 5.41) is 0. The molecule has 0 aliphatic carbocycles.